The predicted molar refractivity (Wildman–Crippen MR) is 68.6 cm³/mol. The summed E-state index contributed by atoms with van der Waals surface area (Å²) >= 11 is 0. The minimum atomic E-state index is -0.549. The van der Waals surface area contributed by atoms with E-state index in [9.17, 15) is 13.6 Å². The van der Waals surface area contributed by atoms with Gasteiger partial charge in [-0.2, -0.15) is 0 Å². The first-order valence-electron chi connectivity index (χ1n) is 6.48. The molecular formula is C14H18F2N2O. The first kappa shape index (κ1) is 13.9. The number of benzene rings is 1. The number of amides is 1. The first-order valence-corrected chi connectivity index (χ1v) is 6.48. The van der Waals surface area contributed by atoms with Crippen molar-refractivity contribution < 1.29 is 13.6 Å². The quantitative estimate of drug-likeness (QED) is 0.874. The lowest BCUT2D eigenvalue weighted by Crippen LogP contribution is -2.48. The number of carbonyl (C=O) groups excluding carboxylic acids is 1. The van der Waals surface area contributed by atoms with Crippen molar-refractivity contribution in [2.45, 2.75) is 25.3 Å². The average molecular weight is 268 g/mol. The molecule has 0 saturated carbocycles. The molecule has 1 aromatic rings. The van der Waals surface area contributed by atoms with Gasteiger partial charge in [-0.05, 0) is 49.4 Å². The van der Waals surface area contributed by atoms with E-state index in [0.29, 0.717) is 18.4 Å². The molecule has 1 aliphatic heterocycles. The highest BCUT2D eigenvalue weighted by molar-refractivity contribution is 5.81. The fourth-order valence-electron chi connectivity index (χ4n) is 2.62. The van der Waals surface area contributed by atoms with Crippen LogP contribution in [0.15, 0.2) is 18.2 Å². The zero-order chi connectivity index (χ0) is 13.8. The summed E-state index contributed by atoms with van der Waals surface area (Å²) in [5.74, 6) is -0.863. The maximum absolute atomic E-state index is 13.1. The van der Waals surface area contributed by atoms with E-state index in [0.717, 1.165) is 19.0 Å². The molecule has 1 aliphatic rings. The summed E-state index contributed by atoms with van der Waals surface area (Å²) in [4.78, 5) is 11.6. The van der Waals surface area contributed by atoms with Gasteiger partial charge < -0.3 is 10.6 Å². The number of halogens is 2. The van der Waals surface area contributed by atoms with Gasteiger partial charge in [0.15, 0.2) is 0 Å². The van der Waals surface area contributed by atoms with Crippen LogP contribution in [0.2, 0.25) is 0 Å². The molecule has 2 N–H and O–H groups in total. The third kappa shape index (κ3) is 3.73. The normalized spacial score (nSPS) is 23.1. The number of rotatable bonds is 3. The number of nitrogens with one attached hydrogen (secondary N) is 2. The largest absolute Gasteiger partial charge is 0.358 e. The summed E-state index contributed by atoms with van der Waals surface area (Å²) in [6, 6.07) is 3.39. The van der Waals surface area contributed by atoms with Gasteiger partial charge >= 0.3 is 0 Å². The Hall–Kier alpha value is -1.49. The van der Waals surface area contributed by atoms with E-state index in [1.807, 2.05) is 0 Å². The average Bonchev–Trinajstić information content (AvgIpc) is 2.37. The smallest absolute Gasteiger partial charge is 0.236 e. The second-order valence-electron chi connectivity index (χ2n) is 4.99. The molecule has 19 heavy (non-hydrogen) atoms. The van der Waals surface area contributed by atoms with Crippen molar-refractivity contribution in [3.63, 3.8) is 0 Å². The minimum absolute atomic E-state index is 0.0323. The molecule has 0 aliphatic carbocycles. The van der Waals surface area contributed by atoms with E-state index >= 15 is 0 Å². The standard InChI is InChI=1S/C14H18F2N2O/c1-17-14(19)13-7-9(2-3-18-13)4-10-5-11(15)8-12(16)6-10/h5-6,8-9,13,18H,2-4,7H2,1H3,(H,17,19). The summed E-state index contributed by atoms with van der Waals surface area (Å²) in [7, 11) is 1.61. The van der Waals surface area contributed by atoms with E-state index in [1.54, 1.807) is 7.05 Å². The molecule has 0 aromatic heterocycles. The van der Waals surface area contributed by atoms with Crippen LogP contribution in [-0.2, 0) is 11.2 Å². The van der Waals surface area contributed by atoms with Crippen molar-refractivity contribution in [2.75, 3.05) is 13.6 Å². The van der Waals surface area contributed by atoms with Crippen molar-refractivity contribution in [1.29, 1.82) is 0 Å². The van der Waals surface area contributed by atoms with Crippen LogP contribution in [-0.4, -0.2) is 25.5 Å². The Bertz CT molecular complexity index is 445. The zero-order valence-electron chi connectivity index (χ0n) is 10.9. The van der Waals surface area contributed by atoms with Crippen molar-refractivity contribution in [1.82, 2.24) is 10.6 Å². The lowest BCUT2D eigenvalue weighted by Gasteiger charge is -2.29. The molecule has 0 bridgehead atoms. The molecule has 1 aromatic carbocycles. The van der Waals surface area contributed by atoms with Crippen LogP contribution in [0.5, 0.6) is 0 Å². The van der Waals surface area contributed by atoms with Crippen molar-refractivity contribution in [2.24, 2.45) is 5.92 Å². The van der Waals surface area contributed by atoms with Gasteiger partial charge in [0, 0.05) is 13.1 Å². The van der Waals surface area contributed by atoms with Crippen LogP contribution >= 0.6 is 0 Å². The number of piperidine rings is 1. The Balaban J connectivity index is 2.00. The van der Waals surface area contributed by atoms with E-state index in [2.05, 4.69) is 10.6 Å². The highest BCUT2D eigenvalue weighted by Gasteiger charge is 2.26. The van der Waals surface area contributed by atoms with Gasteiger partial charge in [0.25, 0.3) is 0 Å². The fraction of sp³-hybridized carbons (Fsp3) is 0.500. The minimum Gasteiger partial charge on any atom is -0.358 e. The summed E-state index contributed by atoms with van der Waals surface area (Å²) in [6.07, 6.45) is 2.20. The van der Waals surface area contributed by atoms with Gasteiger partial charge in [-0.25, -0.2) is 8.78 Å². The highest BCUT2D eigenvalue weighted by atomic mass is 19.1. The zero-order valence-corrected chi connectivity index (χ0v) is 10.9. The molecule has 3 nitrogen and oxygen atoms in total. The third-order valence-electron chi connectivity index (χ3n) is 3.52. The number of hydrogen-bond donors (Lipinski definition) is 2. The van der Waals surface area contributed by atoms with Crippen LogP contribution in [0.3, 0.4) is 0 Å². The molecule has 2 atom stereocenters. The Kier molecular flexibility index (Phi) is 4.47. The maximum Gasteiger partial charge on any atom is 0.236 e. The summed E-state index contributed by atoms with van der Waals surface area (Å²) < 4.78 is 26.3. The monoisotopic (exact) mass is 268 g/mol. The molecular weight excluding hydrogens is 250 g/mol. The molecule has 2 unspecified atom stereocenters. The van der Waals surface area contributed by atoms with Crippen molar-refractivity contribution in [3.05, 3.63) is 35.4 Å². The van der Waals surface area contributed by atoms with Gasteiger partial charge in [-0.3, -0.25) is 4.79 Å². The molecule has 1 fully saturated rings. The van der Waals surface area contributed by atoms with Gasteiger partial charge in [0.05, 0.1) is 6.04 Å². The lowest BCUT2D eigenvalue weighted by atomic mass is 9.87. The SMILES string of the molecule is CNC(=O)C1CC(Cc2cc(F)cc(F)c2)CCN1. The predicted octanol–water partition coefficient (Wildman–Crippen LogP) is 1.62. The Morgan fingerprint density at radius 2 is 2.05 bits per heavy atom. The van der Waals surface area contributed by atoms with Gasteiger partial charge in [-0.15, -0.1) is 0 Å². The molecule has 1 saturated heterocycles. The highest BCUT2D eigenvalue weighted by Crippen LogP contribution is 2.22. The number of hydrogen-bond acceptors (Lipinski definition) is 2. The molecule has 1 amide bonds. The van der Waals surface area contributed by atoms with Crippen LogP contribution in [0.4, 0.5) is 8.78 Å². The van der Waals surface area contributed by atoms with E-state index in [1.165, 1.54) is 12.1 Å². The van der Waals surface area contributed by atoms with E-state index in [4.69, 9.17) is 0 Å². The second kappa shape index (κ2) is 6.10. The molecule has 0 radical (unpaired) electrons. The van der Waals surface area contributed by atoms with Gasteiger partial charge in [0.1, 0.15) is 11.6 Å². The van der Waals surface area contributed by atoms with Crippen LogP contribution in [0, 0.1) is 17.6 Å². The van der Waals surface area contributed by atoms with Gasteiger partial charge in [0.2, 0.25) is 5.91 Å². The summed E-state index contributed by atoms with van der Waals surface area (Å²) in [5.41, 5.74) is 0.653. The molecule has 1 heterocycles. The van der Waals surface area contributed by atoms with Crippen LogP contribution < -0.4 is 10.6 Å². The number of likely N-dealkylation sites (N-methyl/N-ethyl adjacent to an activating group) is 1. The third-order valence-corrected chi connectivity index (χ3v) is 3.52. The molecule has 0 spiro atoms. The van der Waals surface area contributed by atoms with E-state index in [-0.39, 0.29) is 17.9 Å². The Labute approximate surface area is 111 Å². The lowest BCUT2D eigenvalue weighted by molar-refractivity contribution is -0.123. The van der Waals surface area contributed by atoms with E-state index < -0.39 is 11.6 Å². The topological polar surface area (TPSA) is 41.1 Å². The summed E-state index contributed by atoms with van der Waals surface area (Å²) in [6.45, 7) is 0.751. The second-order valence-corrected chi connectivity index (χ2v) is 4.99. The van der Waals surface area contributed by atoms with Crippen molar-refractivity contribution in [3.8, 4) is 0 Å². The van der Waals surface area contributed by atoms with Crippen molar-refractivity contribution >= 4 is 5.91 Å². The van der Waals surface area contributed by atoms with Gasteiger partial charge in [-0.1, -0.05) is 0 Å². The fourth-order valence-corrected chi connectivity index (χ4v) is 2.62. The molecule has 2 rings (SSSR count). The Morgan fingerprint density at radius 3 is 2.68 bits per heavy atom. The van der Waals surface area contributed by atoms with Crippen LogP contribution in [0.25, 0.3) is 0 Å². The first-order chi connectivity index (χ1) is 9.08. The summed E-state index contributed by atoms with van der Waals surface area (Å²) in [5, 5.41) is 5.76. The number of carbonyl (C=O) groups is 1. The maximum atomic E-state index is 13.1. The Morgan fingerprint density at radius 1 is 1.37 bits per heavy atom. The van der Waals surface area contributed by atoms with Crippen LogP contribution in [0.1, 0.15) is 18.4 Å². The molecule has 104 valence electrons. The molecule has 5 heteroatoms.